The van der Waals surface area contributed by atoms with Gasteiger partial charge in [0.25, 0.3) is 10.0 Å². The standard InChI is InChI=1S/C29H34FN3O4S/c1-5-22(3)31-29(35)23(4)32(19-24-11-9-10-21(2)18-24)28(34)20-33(26-12-7-6-8-13-26)38(36,37)27-16-14-25(30)15-17-27/h6-18,22-23H,5,19-20H2,1-4H3,(H,31,35)/t22-,23+/m0/s1. The molecule has 9 heteroatoms. The quantitative estimate of drug-likeness (QED) is 0.384. The summed E-state index contributed by atoms with van der Waals surface area (Å²) in [6.07, 6.45) is 0.724. The predicted octanol–water partition coefficient (Wildman–Crippen LogP) is 4.66. The van der Waals surface area contributed by atoms with Crippen LogP contribution in [-0.2, 0) is 26.2 Å². The SMILES string of the molecule is CC[C@H](C)NC(=O)[C@@H](C)N(Cc1cccc(C)c1)C(=O)CN(c1ccccc1)S(=O)(=O)c1ccc(F)cc1. The fraction of sp³-hybridized carbons (Fsp3) is 0.310. The van der Waals surface area contributed by atoms with Gasteiger partial charge in [0.2, 0.25) is 11.8 Å². The van der Waals surface area contributed by atoms with Crippen LogP contribution in [0.4, 0.5) is 10.1 Å². The zero-order valence-corrected chi connectivity index (χ0v) is 22.9. The van der Waals surface area contributed by atoms with Crippen LogP contribution < -0.4 is 9.62 Å². The first-order chi connectivity index (χ1) is 18.0. The molecule has 0 aromatic heterocycles. The fourth-order valence-electron chi connectivity index (χ4n) is 3.91. The van der Waals surface area contributed by atoms with Crippen LogP contribution in [0.5, 0.6) is 0 Å². The summed E-state index contributed by atoms with van der Waals surface area (Å²) in [5, 5.41) is 2.91. The Balaban J connectivity index is 2.00. The number of nitrogens with zero attached hydrogens (tertiary/aromatic N) is 2. The van der Waals surface area contributed by atoms with Crippen molar-refractivity contribution in [1.29, 1.82) is 0 Å². The lowest BCUT2D eigenvalue weighted by Gasteiger charge is -2.32. The number of anilines is 1. The normalized spacial score (nSPS) is 12.9. The fourth-order valence-corrected chi connectivity index (χ4v) is 5.33. The van der Waals surface area contributed by atoms with E-state index in [4.69, 9.17) is 0 Å². The van der Waals surface area contributed by atoms with Crippen molar-refractivity contribution in [3.63, 3.8) is 0 Å². The second kappa shape index (κ2) is 12.7. The van der Waals surface area contributed by atoms with Crippen LogP contribution in [0.15, 0.2) is 83.8 Å². The summed E-state index contributed by atoms with van der Waals surface area (Å²) >= 11 is 0. The number of carbonyl (C=O) groups is 2. The summed E-state index contributed by atoms with van der Waals surface area (Å²) in [6, 6.07) is 19.3. The number of sulfonamides is 1. The maximum Gasteiger partial charge on any atom is 0.264 e. The average molecular weight is 540 g/mol. The van der Waals surface area contributed by atoms with Gasteiger partial charge in [-0.15, -0.1) is 0 Å². The number of rotatable bonds is 11. The third kappa shape index (κ3) is 7.19. The van der Waals surface area contributed by atoms with Crippen molar-refractivity contribution < 1.29 is 22.4 Å². The molecular weight excluding hydrogens is 505 g/mol. The minimum absolute atomic E-state index is 0.0828. The molecule has 0 fully saturated rings. The predicted molar refractivity (Wildman–Crippen MR) is 146 cm³/mol. The summed E-state index contributed by atoms with van der Waals surface area (Å²) < 4.78 is 41.8. The maximum absolute atomic E-state index is 13.8. The van der Waals surface area contributed by atoms with E-state index in [0.717, 1.165) is 46.1 Å². The molecule has 2 atom stereocenters. The van der Waals surface area contributed by atoms with Crippen molar-refractivity contribution in [3.05, 3.63) is 95.8 Å². The summed E-state index contributed by atoms with van der Waals surface area (Å²) in [6.45, 7) is 6.96. The third-order valence-electron chi connectivity index (χ3n) is 6.33. The average Bonchev–Trinajstić information content (AvgIpc) is 2.90. The molecule has 7 nitrogen and oxygen atoms in total. The van der Waals surface area contributed by atoms with Gasteiger partial charge >= 0.3 is 0 Å². The number of halogens is 1. The van der Waals surface area contributed by atoms with Crippen LogP contribution in [0.25, 0.3) is 0 Å². The van der Waals surface area contributed by atoms with Gasteiger partial charge in [0.05, 0.1) is 10.6 Å². The summed E-state index contributed by atoms with van der Waals surface area (Å²) in [5.41, 5.74) is 2.09. The Bertz CT molecular complexity index is 1350. The van der Waals surface area contributed by atoms with E-state index in [-0.39, 0.29) is 29.1 Å². The number of hydrogen-bond donors (Lipinski definition) is 1. The van der Waals surface area contributed by atoms with Crippen LogP contribution in [0.2, 0.25) is 0 Å². The molecule has 0 aliphatic heterocycles. The summed E-state index contributed by atoms with van der Waals surface area (Å²) in [5.74, 6) is -1.45. The smallest absolute Gasteiger partial charge is 0.264 e. The lowest BCUT2D eigenvalue weighted by atomic mass is 10.1. The molecule has 0 bridgehead atoms. The first kappa shape index (κ1) is 28.8. The van der Waals surface area contributed by atoms with E-state index in [9.17, 15) is 22.4 Å². The Morgan fingerprint density at radius 3 is 2.21 bits per heavy atom. The van der Waals surface area contributed by atoms with Gasteiger partial charge in [0.15, 0.2) is 0 Å². The van der Waals surface area contributed by atoms with Crippen LogP contribution in [0.3, 0.4) is 0 Å². The van der Waals surface area contributed by atoms with Crippen molar-refractivity contribution >= 4 is 27.5 Å². The first-order valence-electron chi connectivity index (χ1n) is 12.5. The molecule has 0 saturated heterocycles. The highest BCUT2D eigenvalue weighted by Gasteiger charge is 2.32. The Labute approximate surface area is 224 Å². The second-order valence-electron chi connectivity index (χ2n) is 9.31. The molecule has 0 aliphatic rings. The molecule has 0 spiro atoms. The van der Waals surface area contributed by atoms with E-state index in [1.54, 1.807) is 37.3 Å². The van der Waals surface area contributed by atoms with Gasteiger partial charge in [0, 0.05) is 12.6 Å². The van der Waals surface area contributed by atoms with Crippen molar-refractivity contribution in [2.75, 3.05) is 10.8 Å². The van der Waals surface area contributed by atoms with E-state index in [2.05, 4.69) is 5.32 Å². The van der Waals surface area contributed by atoms with Gasteiger partial charge in [-0.2, -0.15) is 0 Å². The number of benzene rings is 3. The molecule has 202 valence electrons. The Morgan fingerprint density at radius 2 is 1.61 bits per heavy atom. The Hall–Kier alpha value is -3.72. The molecule has 0 aliphatic carbocycles. The lowest BCUT2D eigenvalue weighted by molar-refractivity contribution is -0.139. The maximum atomic E-state index is 13.8. The van der Waals surface area contributed by atoms with Crippen molar-refractivity contribution in [3.8, 4) is 0 Å². The topological polar surface area (TPSA) is 86.8 Å². The molecule has 3 rings (SSSR count). The number of amides is 2. The molecule has 3 aromatic rings. The van der Waals surface area contributed by atoms with Gasteiger partial charge in [-0.05, 0) is 69.2 Å². The Kier molecular flexibility index (Phi) is 9.63. The molecular formula is C29H34FN3O4S. The molecule has 0 radical (unpaired) electrons. The molecule has 0 heterocycles. The Morgan fingerprint density at radius 1 is 0.947 bits per heavy atom. The van der Waals surface area contributed by atoms with Gasteiger partial charge in [-0.3, -0.25) is 13.9 Å². The van der Waals surface area contributed by atoms with E-state index in [1.165, 1.54) is 4.90 Å². The molecule has 2 amide bonds. The highest BCUT2D eigenvalue weighted by atomic mass is 32.2. The van der Waals surface area contributed by atoms with E-state index in [1.807, 2.05) is 45.0 Å². The zero-order chi connectivity index (χ0) is 27.9. The zero-order valence-electron chi connectivity index (χ0n) is 22.1. The number of aryl methyl sites for hydroxylation is 1. The minimum Gasteiger partial charge on any atom is -0.352 e. The molecule has 3 aromatic carbocycles. The van der Waals surface area contributed by atoms with E-state index in [0.29, 0.717) is 0 Å². The highest BCUT2D eigenvalue weighted by Crippen LogP contribution is 2.24. The van der Waals surface area contributed by atoms with Crippen molar-refractivity contribution in [1.82, 2.24) is 10.2 Å². The number of carbonyl (C=O) groups excluding carboxylic acids is 2. The second-order valence-corrected chi connectivity index (χ2v) is 11.2. The van der Waals surface area contributed by atoms with Gasteiger partial charge < -0.3 is 10.2 Å². The number of hydrogen-bond acceptors (Lipinski definition) is 4. The van der Waals surface area contributed by atoms with Crippen LogP contribution in [0, 0.1) is 12.7 Å². The van der Waals surface area contributed by atoms with Crippen molar-refractivity contribution in [2.24, 2.45) is 0 Å². The monoisotopic (exact) mass is 539 g/mol. The largest absolute Gasteiger partial charge is 0.352 e. The highest BCUT2D eigenvalue weighted by molar-refractivity contribution is 7.92. The molecule has 0 saturated carbocycles. The van der Waals surface area contributed by atoms with Crippen molar-refractivity contribution in [2.45, 2.75) is 57.6 Å². The first-order valence-corrected chi connectivity index (χ1v) is 14.0. The number of nitrogens with one attached hydrogen (secondary N) is 1. The third-order valence-corrected chi connectivity index (χ3v) is 8.12. The van der Waals surface area contributed by atoms with Crippen LogP contribution >= 0.6 is 0 Å². The lowest BCUT2D eigenvalue weighted by Crippen LogP contribution is -2.52. The van der Waals surface area contributed by atoms with Gasteiger partial charge in [0.1, 0.15) is 18.4 Å². The van der Waals surface area contributed by atoms with E-state index < -0.39 is 34.3 Å². The van der Waals surface area contributed by atoms with Gasteiger partial charge in [-0.1, -0.05) is 55.0 Å². The molecule has 38 heavy (non-hydrogen) atoms. The van der Waals surface area contributed by atoms with Crippen LogP contribution in [0.1, 0.15) is 38.3 Å². The number of para-hydroxylation sites is 1. The van der Waals surface area contributed by atoms with E-state index >= 15 is 0 Å². The molecule has 0 unspecified atom stereocenters. The minimum atomic E-state index is -4.23. The summed E-state index contributed by atoms with van der Waals surface area (Å²) in [7, 11) is -4.23. The van der Waals surface area contributed by atoms with Crippen LogP contribution in [-0.4, -0.2) is 43.8 Å². The molecule has 1 N–H and O–H groups in total. The summed E-state index contributed by atoms with van der Waals surface area (Å²) in [4.78, 5) is 28.1. The van der Waals surface area contributed by atoms with Gasteiger partial charge in [-0.25, -0.2) is 12.8 Å².